The summed E-state index contributed by atoms with van der Waals surface area (Å²) in [6, 6.07) is 0. The van der Waals surface area contributed by atoms with Gasteiger partial charge in [-0.2, -0.15) is 0 Å². The highest BCUT2D eigenvalue weighted by atomic mass is 16.7. The van der Waals surface area contributed by atoms with Gasteiger partial charge in [0.2, 0.25) is 35.4 Å². The molecule has 0 bridgehead atoms. The van der Waals surface area contributed by atoms with Gasteiger partial charge in [0, 0.05) is 130 Å². The predicted molar refractivity (Wildman–Crippen MR) is 458 cm³/mol. The van der Waals surface area contributed by atoms with E-state index in [2.05, 4.69) is 10.6 Å². The lowest BCUT2D eigenvalue weighted by molar-refractivity contribution is -0.303. The van der Waals surface area contributed by atoms with Crippen LogP contribution < -0.4 is 10.6 Å². The Bertz CT molecular complexity index is 3430. The van der Waals surface area contributed by atoms with Gasteiger partial charge in [0.25, 0.3) is 0 Å². The number of nitrogens with zero attached hydrogens (tertiary/aromatic N) is 4. The van der Waals surface area contributed by atoms with E-state index in [1.165, 1.54) is 9.80 Å². The number of likely N-dealkylation sites (tertiary alicyclic amines) is 2. The van der Waals surface area contributed by atoms with E-state index in [0.717, 1.165) is 19.3 Å². The zero-order valence-corrected chi connectivity index (χ0v) is 77.1. The van der Waals surface area contributed by atoms with Gasteiger partial charge < -0.3 is 210 Å². The molecule has 26 N–H and O–H groups in total. The summed E-state index contributed by atoms with van der Waals surface area (Å²) in [4.78, 5) is 111. The fourth-order valence-corrected chi connectivity index (χ4v) is 17.4. The molecule has 0 aliphatic carbocycles. The van der Waals surface area contributed by atoms with E-state index < -0.39 is 258 Å². The van der Waals surface area contributed by atoms with Crippen LogP contribution in [0.2, 0.25) is 0 Å². The maximum atomic E-state index is 14.1. The molecule has 8 rings (SSSR count). The Morgan fingerprint density at radius 3 is 0.757 bits per heavy atom. The number of hydrogen-bond acceptors (Lipinski definition) is 44. The molecule has 788 valence electrons. The van der Waals surface area contributed by atoms with Crippen molar-refractivity contribution in [3.63, 3.8) is 0 Å². The molecule has 8 aliphatic heterocycles. The molecule has 136 heavy (non-hydrogen) atoms. The number of piperidine rings is 2. The van der Waals surface area contributed by atoms with Crippen LogP contribution in [0.4, 0.5) is 0 Å². The van der Waals surface area contributed by atoms with Crippen molar-refractivity contribution in [2.24, 2.45) is 10.8 Å². The fourth-order valence-electron chi connectivity index (χ4n) is 17.4. The monoisotopic (exact) mass is 1970 g/mol. The third-order valence-electron chi connectivity index (χ3n) is 26.4. The Morgan fingerprint density at radius 1 is 0.301 bits per heavy atom. The van der Waals surface area contributed by atoms with Crippen molar-refractivity contribution >= 4 is 47.0 Å². The summed E-state index contributed by atoms with van der Waals surface area (Å²) in [5.41, 5.74) is -1.61. The number of amides is 6. The van der Waals surface area contributed by atoms with Crippen molar-refractivity contribution in [2.75, 3.05) is 145 Å². The first kappa shape index (κ1) is 118. The van der Waals surface area contributed by atoms with Crippen LogP contribution in [0.1, 0.15) is 155 Å². The van der Waals surface area contributed by atoms with Crippen LogP contribution in [0.15, 0.2) is 0 Å². The number of Topliss-reactive ketones (excluding diaryl/α,β-unsaturated/α-hetero) is 2. The molecule has 8 aliphatic rings. The average Bonchev–Trinajstić information content (AvgIpc) is 0.829. The summed E-state index contributed by atoms with van der Waals surface area (Å²) in [7, 11) is 0. The fraction of sp³-hybridized carbons (Fsp3) is 0.907. The molecule has 0 aromatic carbocycles. The summed E-state index contributed by atoms with van der Waals surface area (Å²) in [5, 5.41) is 247. The minimum Gasteiger partial charge on any atom is -0.394 e. The first-order valence-electron chi connectivity index (χ1n) is 47.0. The van der Waals surface area contributed by atoms with Crippen molar-refractivity contribution in [2.45, 2.75) is 339 Å². The quantitative estimate of drug-likeness (QED) is 0.0251. The Labute approximate surface area is 787 Å². The first-order chi connectivity index (χ1) is 64.8. The summed E-state index contributed by atoms with van der Waals surface area (Å²) in [5.74, 6) is -1.61. The SMILES string of the molecule is CCC(=O)CCCCC(=O)N1CCC(CCC(=O)N(CCO[C@H]2O[C@H](CO)[C@@H](O)[C@H](O)[C@@H]2O)CCO[C@H]2O[C@H](CO)[C@@H](O)[C@H](O)[C@@H]2O)(CC(=O)NCCO[C@@H]2O[C@H](CO)[C@@H](O)[C@H](O)[C@H]2O)CC1.CCC(=O)CCCCCCC(=O)N1CCC(CCC(=O)N(CCO[C@H]2O[C@H](CO)[C@@H](O)[C@H](O)[C@@H]2O)CCO[C@H]2O[C@H](CO)[C@@H](O)[C@H](O)[C@@H]2O)(CC(=O)NCCO[C@@H]2O[C@H](CO)[C@@H](O)[C@H](O)[C@H]2O)CC1. The Kier molecular flexibility index (Phi) is 51.1. The van der Waals surface area contributed by atoms with E-state index in [-0.39, 0.29) is 160 Å². The molecular formula is C86H150N6O44. The molecule has 0 aromatic heterocycles. The van der Waals surface area contributed by atoms with Crippen molar-refractivity contribution in [1.29, 1.82) is 0 Å². The number of rotatable bonds is 54. The highest BCUT2D eigenvalue weighted by Gasteiger charge is 2.51. The van der Waals surface area contributed by atoms with Crippen molar-refractivity contribution in [3.8, 4) is 0 Å². The Hall–Kier alpha value is -5.28. The highest BCUT2D eigenvalue weighted by Crippen LogP contribution is 2.43. The van der Waals surface area contributed by atoms with Gasteiger partial charge in [-0.05, 0) is 75.0 Å². The number of carbonyl (C=O) groups is 8. The van der Waals surface area contributed by atoms with Crippen LogP contribution >= 0.6 is 0 Å². The van der Waals surface area contributed by atoms with E-state index in [4.69, 9.17) is 56.8 Å². The van der Waals surface area contributed by atoms with Gasteiger partial charge >= 0.3 is 0 Å². The number of ether oxygens (including phenoxy) is 12. The van der Waals surface area contributed by atoms with Gasteiger partial charge in [0.05, 0.1) is 79.3 Å². The molecule has 50 heteroatoms. The standard InChI is InChI=1S/C44H77N3O22.C42H73N3O22/c1-2-25(51)7-5-3-4-6-8-30(53)46-14-11-44(12-15-46,21-29(52)45-13-18-64-41-38(61)35(58)32(55)26(22-48)67-41)10-9-31(54)47(16-19-65-42-39(62)36(59)33(56)27(23-49)68-42)17-20-66-43-40(63)37(60)34(57)28(24-50)69-43;1-2-23(49)5-3-4-6-28(51)44-12-9-42(10-13-44,19-27(50)43-11-16-62-39-36(59)33(56)30(53)24(20-46)65-39)8-7-29(52)45(14-17-63-40-37(60)34(57)31(54)25(21-47)66-40)15-18-64-41-38(61)35(58)32(55)26(22-48)67-41/h26-28,32-43,48-50,55-63H,2-24H2,1H3,(H,45,52);24-26,30-41,46-48,53-61H,2-22H2,1H3,(H,43,50)/t26-,27-,28-,32-,33-,34-,35+,36+,37+,38-,39+,40+,41-,42+,43+;24-,25-,26-,30-,31-,32-,33+,34+,35+,36-,37+,38+,39-,40+,41+/m11/s1. The first-order valence-corrected chi connectivity index (χ1v) is 47.0. The van der Waals surface area contributed by atoms with Crippen molar-refractivity contribution in [1.82, 2.24) is 30.2 Å². The van der Waals surface area contributed by atoms with Gasteiger partial charge in [0.15, 0.2) is 37.7 Å². The third-order valence-corrected chi connectivity index (χ3v) is 26.4. The zero-order chi connectivity index (χ0) is 100. The summed E-state index contributed by atoms with van der Waals surface area (Å²) < 4.78 is 66.0. The topological polar surface area (TPSA) is 770 Å². The van der Waals surface area contributed by atoms with Crippen LogP contribution in [0.3, 0.4) is 0 Å². The molecule has 0 spiro atoms. The molecule has 8 fully saturated rings. The number of unbranched alkanes of at least 4 members (excludes halogenated alkanes) is 4. The molecule has 30 atom stereocenters. The van der Waals surface area contributed by atoms with Crippen LogP contribution in [0, 0.1) is 10.8 Å². The second kappa shape index (κ2) is 59.1. The number of aliphatic hydroxyl groups is 24. The number of carbonyl (C=O) groups excluding carboxylic acids is 8. The molecule has 8 saturated heterocycles. The van der Waals surface area contributed by atoms with Crippen LogP contribution in [0.25, 0.3) is 0 Å². The van der Waals surface area contributed by atoms with Crippen molar-refractivity contribution < 1.29 is 218 Å². The van der Waals surface area contributed by atoms with Gasteiger partial charge in [-0.1, -0.05) is 26.7 Å². The predicted octanol–water partition coefficient (Wildman–Crippen LogP) is -11.8. The molecule has 0 saturated carbocycles. The maximum Gasteiger partial charge on any atom is 0.222 e. The largest absolute Gasteiger partial charge is 0.394 e. The van der Waals surface area contributed by atoms with Crippen molar-refractivity contribution in [3.05, 3.63) is 0 Å². The highest BCUT2D eigenvalue weighted by molar-refractivity contribution is 5.81. The third kappa shape index (κ3) is 34.5. The molecule has 50 nitrogen and oxygen atoms in total. The van der Waals surface area contributed by atoms with E-state index in [1.54, 1.807) is 16.7 Å². The van der Waals surface area contributed by atoms with E-state index >= 15 is 0 Å². The lowest BCUT2D eigenvalue weighted by atomic mass is 9.72. The molecule has 0 unspecified atom stereocenters. The van der Waals surface area contributed by atoms with E-state index in [1.807, 2.05) is 6.92 Å². The van der Waals surface area contributed by atoms with Gasteiger partial charge in [-0.15, -0.1) is 0 Å². The average molecular weight is 1970 g/mol. The summed E-state index contributed by atoms with van der Waals surface area (Å²) >= 11 is 0. The van der Waals surface area contributed by atoms with Gasteiger partial charge in [0.1, 0.15) is 158 Å². The molecular weight excluding hydrogens is 1820 g/mol. The second-order valence-electron chi connectivity index (χ2n) is 35.9. The number of nitrogens with one attached hydrogen (secondary N) is 2. The maximum absolute atomic E-state index is 14.1. The lowest BCUT2D eigenvalue weighted by Crippen LogP contribution is -2.59. The smallest absolute Gasteiger partial charge is 0.222 e. The molecule has 8 heterocycles. The van der Waals surface area contributed by atoms with E-state index in [9.17, 15) is 161 Å². The van der Waals surface area contributed by atoms with E-state index in [0.29, 0.717) is 90.1 Å². The molecule has 0 radical (unpaired) electrons. The summed E-state index contributed by atoms with van der Waals surface area (Å²) in [6.07, 6.45) is -38.5. The zero-order valence-electron chi connectivity index (χ0n) is 77.1. The Morgan fingerprint density at radius 2 is 0.522 bits per heavy atom. The van der Waals surface area contributed by atoms with Gasteiger partial charge in [-0.3, -0.25) is 38.4 Å². The molecule has 0 aromatic rings. The molecule has 6 amide bonds. The number of aliphatic hydroxyl groups excluding tert-OH is 24. The number of ketones is 2. The minimum atomic E-state index is -1.72. The lowest BCUT2D eigenvalue weighted by Gasteiger charge is -2.42. The second-order valence-corrected chi connectivity index (χ2v) is 35.9. The van der Waals surface area contributed by atoms with Crippen LogP contribution in [-0.4, -0.2) is 518 Å². The van der Waals surface area contributed by atoms with Crippen LogP contribution in [0.5, 0.6) is 0 Å². The normalized spacial score (nSPS) is 34.1. The Balaban J connectivity index is 0.000000371. The minimum absolute atomic E-state index is 0.0518. The number of hydrogen-bond donors (Lipinski definition) is 26. The van der Waals surface area contributed by atoms with Gasteiger partial charge in [-0.25, -0.2) is 0 Å². The van der Waals surface area contributed by atoms with Crippen LogP contribution in [-0.2, 0) is 95.2 Å². The summed E-state index contributed by atoms with van der Waals surface area (Å²) in [6.45, 7) is -1.83.